The SMILES string of the molecule is CC(=O)OC[C@H]1O[C@@H](OCC(CO[C@@H]2O[C@H](COC(C)=O)[C@H](OC(C)=O)[C@H](OC(C)=O)[C@H]2OC(C)=O)(CO[C@@H]2O[C@H](COC(C)=O)[C@H](OC(C)=O)[C@H](OC(C)=O)[C@H]2OC(C)=O)NC(=O)CNC(=O)c2ccc(-c3c4nc(c(-c5ccccc5)c5ccc([nH]5)c(-c5ccccc5)c5nc(c(-c6ccccc6)c6ccc3[nH]6)C=C5)C=C4)cc2)[C@H](OC(C)=O)[C@@H](OC(C)=O)[C@H]1OC(C)=O. The van der Waals surface area contributed by atoms with Crippen molar-refractivity contribution in [2.45, 2.75) is 181 Å². The van der Waals surface area contributed by atoms with E-state index in [-0.39, 0.29) is 5.56 Å². The molecule has 0 unspecified atom stereocenters. The lowest BCUT2D eigenvalue weighted by molar-refractivity contribution is -0.328. The van der Waals surface area contributed by atoms with E-state index in [2.05, 4.69) is 20.6 Å². The van der Waals surface area contributed by atoms with E-state index in [4.69, 9.17) is 95.2 Å². The van der Waals surface area contributed by atoms with Crippen LogP contribution >= 0.6 is 0 Å². The molecule has 131 heavy (non-hydrogen) atoms. The van der Waals surface area contributed by atoms with Crippen molar-refractivity contribution in [2.75, 3.05) is 46.2 Å². The molecular formula is C93H96N6O32. The maximum atomic E-state index is 15.6. The molecule has 5 aliphatic rings. The van der Waals surface area contributed by atoms with E-state index < -0.39 is 227 Å². The molecule has 12 rings (SSSR count). The summed E-state index contributed by atoms with van der Waals surface area (Å²) < 4.78 is 106. The standard InChI is InChI=1S/C93H96N6O32/c1-47(100)114-41-72-80(120-50(4)103)83(123-53(7)106)86(126-56(10)109)90(129-72)117-44-93(45-118-91-87(127-57(11)110)84(124-54(8)107)81(121-51(5)104)73(130-91)42-115-48(2)101,46-119-92-88(128-58(12)111)85(125-55(9)108)82(122-52(6)105)74(131-92)43-116-49(3)102)99-75(112)40-94-89(113)63-30-28-62(29-31-63)79-70-38-36-68(97-70)77(60-24-18-14-19-25-60)66-34-32-64(95-66)76(59-22-16-13-17-23-59)65-33-35-67(96-65)78(61-26-20-15-21-27-61)69-37-39-71(79)98-69/h13-39,72-74,80-88,90-92,95,98H,40-46H2,1-12H3,(H,94,113)(H,99,112)/t72-,73-,74-,80+,81+,82+,83+,84+,85+,86-,87-,88-,90-,91-,92-/m1/s1. The minimum absolute atomic E-state index is 0.0253. The Bertz CT molecular complexity index is 5430. The lowest BCUT2D eigenvalue weighted by Gasteiger charge is -2.47. The van der Waals surface area contributed by atoms with Crippen LogP contribution in [-0.2, 0) is 148 Å². The van der Waals surface area contributed by atoms with Crippen LogP contribution in [0.3, 0.4) is 0 Å². The first kappa shape index (κ1) is 95.9. The number of H-pyrrole nitrogens is 2. The van der Waals surface area contributed by atoms with Crippen LogP contribution in [0, 0.1) is 0 Å². The first-order chi connectivity index (χ1) is 62.6. The van der Waals surface area contributed by atoms with E-state index in [1.165, 1.54) is 12.1 Å². The molecule has 4 aromatic carbocycles. The van der Waals surface area contributed by atoms with E-state index in [9.17, 15) is 62.3 Å². The van der Waals surface area contributed by atoms with Crippen LogP contribution in [0.25, 0.3) is 90.9 Å². The highest BCUT2D eigenvalue weighted by molar-refractivity contribution is 6.01. The fourth-order valence-electron chi connectivity index (χ4n) is 15.6. The lowest BCUT2D eigenvalue weighted by atomic mass is 9.96. The van der Waals surface area contributed by atoms with Gasteiger partial charge in [-0.2, -0.15) is 0 Å². The molecule has 3 saturated heterocycles. The van der Waals surface area contributed by atoms with Crippen molar-refractivity contribution in [1.29, 1.82) is 0 Å². The third-order valence-corrected chi connectivity index (χ3v) is 20.6. The van der Waals surface area contributed by atoms with Gasteiger partial charge in [-0.25, -0.2) is 9.97 Å². The number of fused-ring (bicyclic) bond motifs is 8. The second kappa shape index (κ2) is 43.3. The van der Waals surface area contributed by atoms with Gasteiger partial charge in [-0.1, -0.05) is 103 Å². The Balaban J connectivity index is 0.985. The second-order valence-corrected chi connectivity index (χ2v) is 30.8. The molecule has 8 heterocycles. The third-order valence-electron chi connectivity index (χ3n) is 20.6. The molecule has 0 spiro atoms. The Morgan fingerprint density at radius 3 is 0.824 bits per heavy atom. The number of hydrogen-bond acceptors (Lipinski definition) is 34. The van der Waals surface area contributed by atoms with E-state index in [0.717, 1.165) is 127 Å². The van der Waals surface area contributed by atoms with Crippen molar-refractivity contribution >= 4 is 130 Å². The lowest BCUT2D eigenvalue weighted by Crippen LogP contribution is -2.67. The quantitative estimate of drug-likeness (QED) is 0.0228. The maximum absolute atomic E-state index is 15.6. The number of nitrogens with one attached hydrogen (secondary N) is 4. The van der Waals surface area contributed by atoms with Crippen molar-refractivity contribution in [1.82, 2.24) is 30.6 Å². The number of aromatic nitrogens is 4. The summed E-state index contributed by atoms with van der Waals surface area (Å²) in [5.74, 6) is -14.4. The van der Waals surface area contributed by atoms with Crippen LogP contribution in [0.2, 0.25) is 0 Å². The van der Waals surface area contributed by atoms with Gasteiger partial charge in [0.25, 0.3) is 5.91 Å². The number of amides is 2. The fourth-order valence-corrected chi connectivity index (χ4v) is 15.6. The Morgan fingerprint density at radius 1 is 0.313 bits per heavy atom. The van der Waals surface area contributed by atoms with Crippen molar-refractivity contribution < 1.29 is 152 Å². The highest BCUT2D eigenvalue weighted by Crippen LogP contribution is 2.41. The van der Waals surface area contributed by atoms with Gasteiger partial charge in [0.05, 0.1) is 49.1 Å². The topological polar surface area (TPSA) is 487 Å². The molecule has 2 amide bonds. The molecule has 0 aliphatic carbocycles. The molecule has 0 radical (unpaired) electrons. The molecule has 8 bridgehead atoms. The number of hydrogen-bond donors (Lipinski definition) is 4. The second-order valence-electron chi connectivity index (χ2n) is 30.8. The summed E-state index contributed by atoms with van der Waals surface area (Å²) in [4.78, 5) is 205. The van der Waals surface area contributed by atoms with Crippen molar-refractivity contribution in [3.63, 3.8) is 0 Å². The molecule has 5 aliphatic heterocycles. The first-order valence-electron chi connectivity index (χ1n) is 41.4. The highest BCUT2D eigenvalue weighted by Gasteiger charge is 2.58. The van der Waals surface area contributed by atoms with E-state index in [1.54, 1.807) is 12.1 Å². The van der Waals surface area contributed by atoms with Crippen molar-refractivity contribution in [3.05, 3.63) is 168 Å². The molecule has 3 fully saturated rings. The average molecular weight is 1810 g/mol. The minimum atomic E-state index is -2.65. The molecule has 0 saturated carbocycles. The van der Waals surface area contributed by atoms with E-state index in [0.29, 0.717) is 44.9 Å². The number of ether oxygens (including phenoxy) is 18. The van der Waals surface area contributed by atoms with Gasteiger partial charge in [0.1, 0.15) is 43.7 Å². The fraction of sp³-hybridized carbons (Fsp3) is 0.376. The van der Waals surface area contributed by atoms with Gasteiger partial charge in [0, 0.05) is 133 Å². The molecule has 690 valence electrons. The van der Waals surface area contributed by atoms with Gasteiger partial charge in [-0.3, -0.25) is 67.1 Å². The number of aromatic amines is 2. The van der Waals surface area contributed by atoms with Gasteiger partial charge < -0.3 is 106 Å². The van der Waals surface area contributed by atoms with Gasteiger partial charge >= 0.3 is 71.6 Å². The molecular weight excluding hydrogens is 1710 g/mol. The third kappa shape index (κ3) is 24.6. The van der Waals surface area contributed by atoms with Gasteiger partial charge in [0.15, 0.2) is 73.8 Å². The molecule has 38 nitrogen and oxygen atoms in total. The monoisotopic (exact) mass is 1810 g/mol. The number of carbonyl (C=O) groups excluding carboxylic acids is 14. The summed E-state index contributed by atoms with van der Waals surface area (Å²) in [6, 6.07) is 43.8. The summed E-state index contributed by atoms with van der Waals surface area (Å²) in [5, 5.41) is 5.34. The molecule has 3 aromatic heterocycles. The van der Waals surface area contributed by atoms with Crippen molar-refractivity contribution in [2.24, 2.45) is 0 Å². The minimum Gasteiger partial charge on any atom is -0.463 e. The zero-order valence-electron chi connectivity index (χ0n) is 73.2. The molecule has 15 atom stereocenters. The zero-order chi connectivity index (χ0) is 94.1. The van der Waals surface area contributed by atoms with Crippen LogP contribution in [-0.4, -0.2) is 247 Å². The van der Waals surface area contributed by atoms with Crippen LogP contribution in [0.4, 0.5) is 0 Å². The van der Waals surface area contributed by atoms with E-state index in [1.807, 2.05) is 140 Å². The molecule has 38 heteroatoms. The Morgan fingerprint density at radius 2 is 0.565 bits per heavy atom. The van der Waals surface area contributed by atoms with Gasteiger partial charge in [-0.05, 0) is 83.0 Å². The van der Waals surface area contributed by atoms with Crippen LogP contribution in [0.5, 0.6) is 0 Å². The normalized spacial score (nSPS) is 21.9. The Hall–Kier alpha value is -14.2. The summed E-state index contributed by atoms with van der Waals surface area (Å²) in [6.07, 6.45) is -21.0. The Labute approximate surface area is 748 Å². The average Bonchev–Trinajstić information content (AvgIpc) is 1.63. The zero-order valence-corrected chi connectivity index (χ0v) is 73.2. The van der Waals surface area contributed by atoms with Gasteiger partial charge in [-0.15, -0.1) is 0 Å². The van der Waals surface area contributed by atoms with Gasteiger partial charge in [0.2, 0.25) is 5.91 Å². The first-order valence-corrected chi connectivity index (χ1v) is 41.4. The predicted octanol–water partition coefficient (Wildman–Crippen LogP) is 8.21. The molecule has 4 N–H and O–H groups in total. The van der Waals surface area contributed by atoms with E-state index >= 15 is 4.79 Å². The number of nitrogens with zero attached hydrogens (tertiary/aromatic N) is 2. The van der Waals surface area contributed by atoms with Crippen LogP contribution in [0.15, 0.2) is 140 Å². The summed E-state index contributed by atoms with van der Waals surface area (Å²) >= 11 is 0. The number of carbonyl (C=O) groups is 14. The summed E-state index contributed by atoms with van der Waals surface area (Å²) in [7, 11) is 0. The van der Waals surface area contributed by atoms with Crippen LogP contribution in [0.1, 0.15) is 116 Å². The largest absolute Gasteiger partial charge is 0.463 e. The number of rotatable bonds is 32. The number of benzene rings is 4. The summed E-state index contributed by atoms with van der Waals surface area (Å²) in [5.41, 5.74) is 8.85. The smallest absolute Gasteiger partial charge is 0.303 e. The number of esters is 12. The predicted molar refractivity (Wildman–Crippen MR) is 458 cm³/mol. The Kier molecular flexibility index (Phi) is 31.7. The maximum Gasteiger partial charge on any atom is 0.303 e. The van der Waals surface area contributed by atoms with Crippen LogP contribution < -0.4 is 10.6 Å². The highest BCUT2D eigenvalue weighted by atomic mass is 16.8. The molecule has 7 aromatic rings. The van der Waals surface area contributed by atoms with Crippen molar-refractivity contribution in [3.8, 4) is 44.5 Å². The summed E-state index contributed by atoms with van der Waals surface area (Å²) in [6.45, 7) is 4.53.